The Morgan fingerprint density at radius 3 is 2.62 bits per heavy atom. The third-order valence-electron chi connectivity index (χ3n) is 1.95. The minimum atomic E-state index is -0.917. The second kappa shape index (κ2) is 5.92. The topological polar surface area (TPSA) is 54.4 Å². The van der Waals surface area contributed by atoms with Crippen molar-refractivity contribution in [2.24, 2.45) is 0 Å². The molecular formula is C11H11ClO3S. The third-order valence-corrected chi connectivity index (χ3v) is 3.28. The number of thioether (sulfide) groups is 1. The number of carbonyl (C=O) groups excluding carboxylic acids is 1. The summed E-state index contributed by atoms with van der Waals surface area (Å²) in [6.07, 6.45) is 0. The van der Waals surface area contributed by atoms with Crippen molar-refractivity contribution in [3.63, 3.8) is 0 Å². The van der Waals surface area contributed by atoms with Crippen LogP contribution in [0.2, 0.25) is 5.02 Å². The normalized spacial score (nSPS) is 10.1. The van der Waals surface area contributed by atoms with Gasteiger partial charge in [0.05, 0.1) is 11.5 Å². The molecule has 0 aliphatic heterocycles. The van der Waals surface area contributed by atoms with Gasteiger partial charge in [-0.25, -0.2) is 0 Å². The number of carboxylic acid groups (broad SMARTS) is 1. The SMILES string of the molecule is Cc1ccc(C(=O)CSCC(=O)O)cc1Cl. The van der Waals surface area contributed by atoms with Gasteiger partial charge in [-0.1, -0.05) is 23.7 Å². The molecule has 0 atom stereocenters. The average molecular weight is 259 g/mol. The molecule has 1 aromatic carbocycles. The molecule has 0 radical (unpaired) electrons. The number of ketones is 1. The van der Waals surface area contributed by atoms with Gasteiger partial charge in [0, 0.05) is 10.6 Å². The van der Waals surface area contributed by atoms with E-state index in [4.69, 9.17) is 16.7 Å². The number of hydrogen-bond donors (Lipinski definition) is 1. The molecule has 0 aliphatic carbocycles. The van der Waals surface area contributed by atoms with E-state index in [2.05, 4.69) is 0 Å². The molecule has 1 rings (SSSR count). The van der Waals surface area contributed by atoms with Gasteiger partial charge >= 0.3 is 5.97 Å². The van der Waals surface area contributed by atoms with E-state index >= 15 is 0 Å². The predicted molar refractivity (Wildman–Crippen MR) is 65.5 cm³/mol. The molecule has 0 saturated heterocycles. The lowest BCUT2D eigenvalue weighted by Crippen LogP contribution is -2.06. The molecule has 0 aromatic heterocycles. The zero-order valence-electron chi connectivity index (χ0n) is 8.70. The molecule has 0 amide bonds. The van der Waals surface area contributed by atoms with E-state index in [9.17, 15) is 9.59 Å². The van der Waals surface area contributed by atoms with Crippen LogP contribution < -0.4 is 0 Å². The number of carboxylic acids is 1. The highest BCUT2D eigenvalue weighted by Crippen LogP contribution is 2.18. The molecule has 0 bridgehead atoms. The van der Waals surface area contributed by atoms with Gasteiger partial charge in [0.15, 0.2) is 5.78 Å². The molecule has 5 heteroatoms. The minimum absolute atomic E-state index is 0.0642. The molecule has 86 valence electrons. The molecule has 0 aliphatic rings. The molecule has 0 spiro atoms. The fourth-order valence-electron chi connectivity index (χ4n) is 1.08. The zero-order chi connectivity index (χ0) is 12.1. The summed E-state index contributed by atoms with van der Waals surface area (Å²) < 4.78 is 0. The van der Waals surface area contributed by atoms with Gasteiger partial charge in [0.2, 0.25) is 0 Å². The fourth-order valence-corrected chi connectivity index (χ4v) is 1.89. The lowest BCUT2D eigenvalue weighted by Gasteiger charge is -2.02. The van der Waals surface area contributed by atoms with E-state index in [1.165, 1.54) is 0 Å². The predicted octanol–water partition coefficient (Wildman–Crippen LogP) is 2.65. The van der Waals surface area contributed by atoms with Gasteiger partial charge in [-0.05, 0) is 18.6 Å². The van der Waals surface area contributed by atoms with Gasteiger partial charge in [0.1, 0.15) is 0 Å². The van der Waals surface area contributed by atoms with E-state index in [0.717, 1.165) is 17.3 Å². The second-order valence-electron chi connectivity index (χ2n) is 3.27. The first-order chi connectivity index (χ1) is 7.50. The number of carbonyl (C=O) groups is 2. The van der Waals surface area contributed by atoms with Crippen LogP contribution >= 0.6 is 23.4 Å². The van der Waals surface area contributed by atoms with Crippen LogP contribution in [0.3, 0.4) is 0 Å². The van der Waals surface area contributed by atoms with Crippen LogP contribution in [0.1, 0.15) is 15.9 Å². The van der Waals surface area contributed by atoms with Crippen molar-refractivity contribution in [2.45, 2.75) is 6.92 Å². The molecule has 0 fully saturated rings. The highest BCUT2D eigenvalue weighted by Gasteiger charge is 2.08. The Kier molecular flexibility index (Phi) is 4.83. The molecule has 1 aromatic rings. The highest BCUT2D eigenvalue weighted by molar-refractivity contribution is 8.00. The number of hydrogen-bond acceptors (Lipinski definition) is 3. The lowest BCUT2D eigenvalue weighted by atomic mass is 10.1. The Bertz CT molecular complexity index is 418. The van der Waals surface area contributed by atoms with E-state index in [-0.39, 0.29) is 17.3 Å². The van der Waals surface area contributed by atoms with Gasteiger partial charge in [-0.15, -0.1) is 11.8 Å². The summed E-state index contributed by atoms with van der Waals surface area (Å²) in [5.74, 6) is -0.926. The van der Waals surface area contributed by atoms with E-state index in [1.807, 2.05) is 6.92 Å². The van der Waals surface area contributed by atoms with Crippen LogP contribution in [0.15, 0.2) is 18.2 Å². The maximum Gasteiger partial charge on any atom is 0.313 e. The van der Waals surface area contributed by atoms with E-state index < -0.39 is 5.97 Å². The average Bonchev–Trinajstić information content (AvgIpc) is 2.21. The minimum Gasteiger partial charge on any atom is -0.481 e. The smallest absolute Gasteiger partial charge is 0.313 e. The Hall–Kier alpha value is -1.00. The Balaban J connectivity index is 2.59. The van der Waals surface area contributed by atoms with Crippen LogP contribution in [0.25, 0.3) is 0 Å². The third kappa shape index (κ3) is 3.87. The maximum absolute atomic E-state index is 11.6. The highest BCUT2D eigenvalue weighted by atomic mass is 35.5. The van der Waals surface area contributed by atoms with Crippen molar-refractivity contribution in [2.75, 3.05) is 11.5 Å². The monoisotopic (exact) mass is 258 g/mol. The summed E-state index contributed by atoms with van der Waals surface area (Å²) >= 11 is 6.97. The first-order valence-corrected chi connectivity index (χ1v) is 6.13. The van der Waals surface area contributed by atoms with Crippen molar-refractivity contribution in [1.29, 1.82) is 0 Å². The number of halogens is 1. The molecule has 1 N–H and O–H groups in total. The first-order valence-electron chi connectivity index (χ1n) is 4.59. The fraction of sp³-hybridized carbons (Fsp3) is 0.273. The van der Waals surface area contributed by atoms with Crippen molar-refractivity contribution in [3.05, 3.63) is 34.3 Å². The zero-order valence-corrected chi connectivity index (χ0v) is 10.3. The van der Waals surface area contributed by atoms with Crippen molar-refractivity contribution in [1.82, 2.24) is 0 Å². The lowest BCUT2D eigenvalue weighted by molar-refractivity contribution is -0.133. The van der Waals surface area contributed by atoms with E-state index in [1.54, 1.807) is 18.2 Å². The molecule has 0 heterocycles. The maximum atomic E-state index is 11.6. The van der Waals surface area contributed by atoms with Gasteiger partial charge in [-0.3, -0.25) is 9.59 Å². The standard InChI is InChI=1S/C11H11ClO3S/c1-7-2-3-8(4-9(7)12)10(13)5-16-6-11(14)15/h2-4H,5-6H2,1H3,(H,14,15). The number of aryl methyl sites for hydroxylation is 1. The summed E-state index contributed by atoms with van der Waals surface area (Å²) in [6.45, 7) is 1.86. The van der Waals surface area contributed by atoms with Crippen LogP contribution in [0.4, 0.5) is 0 Å². The Morgan fingerprint density at radius 1 is 1.38 bits per heavy atom. The number of rotatable bonds is 5. The molecule has 3 nitrogen and oxygen atoms in total. The Labute approximate surface area is 103 Å². The van der Waals surface area contributed by atoms with Crippen molar-refractivity contribution < 1.29 is 14.7 Å². The van der Waals surface area contributed by atoms with Crippen LogP contribution in [-0.2, 0) is 4.79 Å². The summed E-state index contributed by atoms with van der Waals surface area (Å²) in [5.41, 5.74) is 1.44. The molecular weight excluding hydrogens is 248 g/mol. The van der Waals surface area contributed by atoms with Crippen molar-refractivity contribution >= 4 is 35.1 Å². The quantitative estimate of drug-likeness (QED) is 0.825. The Morgan fingerprint density at radius 2 is 2.06 bits per heavy atom. The summed E-state index contributed by atoms with van der Waals surface area (Å²) in [5, 5.41) is 8.97. The summed E-state index contributed by atoms with van der Waals surface area (Å²) in [7, 11) is 0. The second-order valence-corrected chi connectivity index (χ2v) is 4.67. The van der Waals surface area contributed by atoms with Crippen LogP contribution in [0.5, 0.6) is 0 Å². The van der Waals surface area contributed by atoms with Crippen LogP contribution in [-0.4, -0.2) is 28.4 Å². The summed E-state index contributed by atoms with van der Waals surface area (Å²) in [4.78, 5) is 21.9. The first kappa shape index (κ1) is 13.1. The molecule has 0 saturated carbocycles. The van der Waals surface area contributed by atoms with Gasteiger partial charge < -0.3 is 5.11 Å². The van der Waals surface area contributed by atoms with Crippen LogP contribution in [0, 0.1) is 6.92 Å². The van der Waals surface area contributed by atoms with Crippen molar-refractivity contribution in [3.8, 4) is 0 Å². The van der Waals surface area contributed by atoms with Gasteiger partial charge in [0.25, 0.3) is 0 Å². The number of aliphatic carboxylic acids is 1. The van der Waals surface area contributed by atoms with Gasteiger partial charge in [-0.2, -0.15) is 0 Å². The largest absolute Gasteiger partial charge is 0.481 e. The molecule has 0 unspecified atom stereocenters. The van der Waals surface area contributed by atoms with E-state index in [0.29, 0.717) is 10.6 Å². The molecule has 16 heavy (non-hydrogen) atoms. The number of benzene rings is 1. The summed E-state index contributed by atoms with van der Waals surface area (Å²) in [6, 6.07) is 5.09. The number of Topliss-reactive ketones (excluding diaryl/α,β-unsaturated/α-hetero) is 1.